The van der Waals surface area contributed by atoms with Gasteiger partial charge in [0.15, 0.2) is 10.8 Å². The second kappa shape index (κ2) is 4.41. The minimum absolute atomic E-state index is 0.218. The number of rotatable bonds is 1. The summed E-state index contributed by atoms with van der Waals surface area (Å²) >= 11 is 4.70. The number of thiocarbonyl (C=S) groups is 1. The fourth-order valence-corrected chi connectivity index (χ4v) is 1.64. The molecule has 0 fully saturated rings. The van der Waals surface area contributed by atoms with Gasteiger partial charge in [-0.05, 0) is 18.3 Å². The third-order valence-corrected chi connectivity index (χ3v) is 2.45. The Hall–Kier alpha value is -1.89. The van der Waals surface area contributed by atoms with Crippen molar-refractivity contribution < 1.29 is 13.2 Å². The molecular formula is C11H8F3N3S. The van der Waals surface area contributed by atoms with Gasteiger partial charge in [0.05, 0.1) is 5.69 Å². The number of alkyl halides is 3. The third kappa shape index (κ3) is 2.35. The molecule has 18 heavy (non-hydrogen) atoms. The number of nitrogens with zero attached hydrogens (tertiary/aromatic N) is 2. The van der Waals surface area contributed by atoms with Crippen molar-refractivity contribution >= 4 is 17.3 Å². The van der Waals surface area contributed by atoms with E-state index in [2.05, 4.69) is 5.10 Å². The Morgan fingerprint density at radius 1 is 1.22 bits per heavy atom. The summed E-state index contributed by atoms with van der Waals surface area (Å²) in [5.41, 5.74) is 5.14. The Bertz CT molecular complexity index is 575. The van der Waals surface area contributed by atoms with Crippen molar-refractivity contribution in [3.05, 3.63) is 42.1 Å². The van der Waals surface area contributed by atoms with Crippen LogP contribution in [0.3, 0.4) is 0 Å². The van der Waals surface area contributed by atoms with E-state index in [1.54, 1.807) is 30.3 Å². The van der Waals surface area contributed by atoms with Crippen LogP contribution in [0.25, 0.3) is 11.3 Å². The quantitative estimate of drug-likeness (QED) is 0.811. The summed E-state index contributed by atoms with van der Waals surface area (Å²) in [6.45, 7) is 0. The van der Waals surface area contributed by atoms with E-state index < -0.39 is 11.9 Å². The van der Waals surface area contributed by atoms with Gasteiger partial charge in [-0.15, -0.1) is 0 Å². The summed E-state index contributed by atoms with van der Waals surface area (Å²) in [4.78, 5) is 0. The van der Waals surface area contributed by atoms with Gasteiger partial charge in [0.1, 0.15) is 0 Å². The first-order chi connectivity index (χ1) is 8.39. The standard InChI is InChI=1S/C11H8F3N3S/c12-11(13,14)9-6-8(17(16-9)10(15)18)7-4-2-1-3-5-7/h1-6H,(H2,15,18). The lowest BCUT2D eigenvalue weighted by Gasteiger charge is -2.04. The van der Waals surface area contributed by atoms with E-state index in [1.165, 1.54) is 0 Å². The Morgan fingerprint density at radius 3 is 2.33 bits per heavy atom. The zero-order valence-electron chi connectivity index (χ0n) is 8.98. The molecule has 94 valence electrons. The van der Waals surface area contributed by atoms with E-state index in [1.807, 2.05) is 0 Å². The first-order valence-corrected chi connectivity index (χ1v) is 5.33. The lowest BCUT2D eigenvalue weighted by Crippen LogP contribution is -2.22. The fourth-order valence-electron chi connectivity index (χ4n) is 1.50. The second-order valence-electron chi connectivity index (χ2n) is 3.53. The zero-order chi connectivity index (χ0) is 13.3. The summed E-state index contributed by atoms with van der Waals surface area (Å²) in [5.74, 6) is 0. The van der Waals surface area contributed by atoms with Crippen molar-refractivity contribution in [1.29, 1.82) is 0 Å². The van der Waals surface area contributed by atoms with Crippen LogP contribution in [0.5, 0.6) is 0 Å². The Labute approximate surface area is 106 Å². The van der Waals surface area contributed by atoms with Gasteiger partial charge in [-0.1, -0.05) is 30.3 Å². The van der Waals surface area contributed by atoms with Crippen molar-refractivity contribution in [1.82, 2.24) is 9.78 Å². The summed E-state index contributed by atoms with van der Waals surface area (Å²) in [5, 5.41) is 3.15. The normalized spacial score (nSPS) is 11.5. The summed E-state index contributed by atoms with van der Waals surface area (Å²) in [7, 11) is 0. The lowest BCUT2D eigenvalue weighted by molar-refractivity contribution is -0.141. The molecule has 0 unspecified atom stereocenters. The van der Waals surface area contributed by atoms with Crippen LogP contribution in [-0.4, -0.2) is 14.9 Å². The van der Waals surface area contributed by atoms with Crippen LogP contribution in [0.1, 0.15) is 5.69 Å². The van der Waals surface area contributed by atoms with Gasteiger partial charge < -0.3 is 5.73 Å². The molecule has 0 amide bonds. The van der Waals surface area contributed by atoms with E-state index in [-0.39, 0.29) is 10.8 Å². The molecule has 0 atom stereocenters. The molecule has 1 aromatic carbocycles. The molecule has 0 saturated carbocycles. The van der Waals surface area contributed by atoms with Crippen molar-refractivity contribution in [2.45, 2.75) is 6.18 Å². The fraction of sp³-hybridized carbons (Fsp3) is 0.0909. The molecule has 0 radical (unpaired) electrons. The molecule has 2 N–H and O–H groups in total. The van der Waals surface area contributed by atoms with Crippen LogP contribution in [0.2, 0.25) is 0 Å². The average Bonchev–Trinajstić information content (AvgIpc) is 2.74. The molecule has 0 aliphatic carbocycles. The molecule has 0 aliphatic rings. The highest BCUT2D eigenvalue weighted by Gasteiger charge is 2.35. The van der Waals surface area contributed by atoms with E-state index in [9.17, 15) is 13.2 Å². The molecular weight excluding hydrogens is 263 g/mol. The molecule has 0 saturated heterocycles. The van der Waals surface area contributed by atoms with Crippen LogP contribution < -0.4 is 5.73 Å². The maximum absolute atomic E-state index is 12.6. The molecule has 1 heterocycles. The van der Waals surface area contributed by atoms with Crippen molar-refractivity contribution in [2.75, 3.05) is 0 Å². The number of hydrogen-bond acceptors (Lipinski definition) is 2. The van der Waals surface area contributed by atoms with Gasteiger partial charge in [-0.2, -0.15) is 18.3 Å². The summed E-state index contributed by atoms with van der Waals surface area (Å²) < 4.78 is 38.7. The molecule has 2 aromatic rings. The largest absolute Gasteiger partial charge is 0.435 e. The van der Waals surface area contributed by atoms with Gasteiger partial charge in [-0.25, -0.2) is 4.68 Å². The average molecular weight is 271 g/mol. The molecule has 0 bridgehead atoms. The van der Waals surface area contributed by atoms with Crippen LogP contribution >= 0.6 is 12.2 Å². The molecule has 7 heteroatoms. The predicted octanol–water partition coefficient (Wildman–Crippen LogP) is 2.66. The Balaban J connectivity index is 2.60. The zero-order valence-corrected chi connectivity index (χ0v) is 9.79. The number of halogens is 3. The Morgan fingerprint density at radius 2 is 1.83 bits per heavy atom. The molecule has 3 nitrogen and oxygen atoms in total. The first kappa shape index (κ1) is 12.6. The highest BCUT2D eigenvalue weighted by atomic mass is 32.1. The van der Waals surface area contributed by atoms with Gasteiger partial charge in [0.2, 0.25) is 0 Å². The van der Waals surface area contributed by atoms with E-state index in [0.717, 1.165) is 10.7 Å². The SMILES string of the molecule is NC(=S)n1nc(C(F)(F)F)cc1-c1ccccc1. The van der Waals surface area contributed by atoms with Crippen LogP contribution in [0.15, 0.2) is 36.4 Å². The number of hydrogen-bond donors (Lipinski definition) is 1. The number of nitrogens with two attached hydrogens (primary N) is 1. The van der Waals surface area contributed by atoms with Gasteiger partial charge in [0, 0.05) is 5.56 Å². The van der Waals surface area contributed by atoms with Crippen LogP contribution in [-0.2, 0) is 6.18 Å². The lowest BCUT2D eigenvalue weighted by atomic mass is 10.1. The maximum Gasteiger partial charge on any atom is 0.435 e. The maximum atomic E-state index is 12.6. The van der Waals surface area contributed by atoms with Gasteiger partial charge >= 0.3 is 6.18 Å². The van der Waals surface area contributed by atoms with Crippen molar-refractivity contribution in [3.8, 4) is 11.3 Å². The topological polar surface area (TPSA) is 43.8 Å². The van der Waals surface area contributed by atoms with E-state index >= 15 is 0 Å². The predicted molar refractivity (Wildman–Crippen MR) is 64.8 cm³/mol. The smallest absolute Gasteiger partial charge is 0.374 e. The molecule has 1 aromatic heterocycles. The second-order valence-corrected chi connectivity index (χ2v) is 3.95. The number of aromatic nitrogens is 2. The molecule has 0 aliphatic heterocycles. The Kier molecular flexibility index (Phi) is 3.08. The van der Waals surface area contributed by atoms with Crippen LogP contribution in [0, 0.1) is 0 Å². The van der Waals surface area contributed by atoms with Crippen molar-refractivity contribution in [3.63, 3.8) is 0 Å². The van der Waals surface area contributed by atoms with Gasteiger partial charge in [0.25, 0.3) is 0 Å². The summed E-state index contributed by atoms with van der Waals surface area (Å²) in [6.07, 6.45) is -4.53. The molecule has 0 spiro atoms. The third-order valence-electron chi connectivity index (χ3n) is 2.28. The van der Waals surface area contributed by atoms with E-state index in [0.29, 0.717) is 5.56 Å². The minimum atomic E-state index is -4.53. The molecule has 2 rings (SSSR count). The van der Waals surface area contributed by atoms with Crippen LogP contribution in [0.4, 0.5) is 13.2 Å². The minimum Gasteiger partial charge on any atom is -0.374 e. The summed E-state index contributed by atoms with van der Waals surface area (Å²) in [6, 6.07) is 9.42. The highest BCUT2D eigenvalue weighted by molar-refractivity contribution is 7.80. The number of benzene rings is 1. The van der Waals surface area contributed by atoms with Crippen molar-refractivity contribution in [2.24, 2.45) is 5.73 Å². The van der Waals surface area contributed by atoms with E-state index in [4.69, 9.17) is 18.0 Å². The first-order valence-electron chi connectivity index (χ1n) is 4.92. The highest BCUT2D eigenvalue weighted by Crippen LogP contribution is 2.31. The van der Waals surface area contributed by atoms with Gasteiger partial charge in [-0.3, -0.25) is 0 Å². The monoisotopic (exact) mass is 271 g/mol.